The molecule has 1 aromatic rings. The first-order valence-corrected chi connectivity index (χ1v) is 6.31. The minimum Gasteiger partial charge on any atom is -0.248 e. The Hall–Kier alpha value is -0.860. The highest BCUT2D eigenvalue weighted by Crippen LogP contribution is 2.28. The van der Waals surface area contributed by atoms with Crippen LogP contribution in [0.15, 0.2) is 11.1 Å². The molecule has 0 saturated carbocycles. The number of pyridine rings is 1. The molecule has 0 radical (unpaired) electrons. The third-order valence-corrected chi connectivity index (χ3v) is 3.80. The van der Waals surface area contributed by atoms with Gasteiger partial charge in [-0.2, -0.15) is 5.26 Å². The summed E-state index contributed by atoms with van der Waals surface area (Å²) in [4.78, 5) is 2.81. The number of rotatable bonds is 2. The highest BCUT2D eigenvalue weighted by Gasteiger charge is 2.25. The summed E-state index contributed by atoms with van der Waals surface area (Å²) in [5, 5.41) is 13.5. The van der Waals surface area contributed by atoms with Gasteiger partial charge in [-0.05, 0) is 22.6 Å². The number of nitrogens with two attached hydrogens (primary N) is 1. The lowest BCUT2D eigenvalue weighted by molar-refractivity contribution is 0.150. The Morgan fingerprint density at radius 2 is 2.12 bits per heavy atom. The number of halogens is 3. The van der Waals surface area contributed by atoms with Crippen molar-refractivity contribution in [3.8, 4) is 6.07 Å². The predicted molar refractivity (Wildman–Crippen MR) is 58.0 cm³/mol. The molecule has 0 atom stereocenters. The molecule has 0 aliphatic carbocycles. The van der Waals surface area contributed by atoms with Gasteiger partial charge in [-0.15, -0.1) is 0 Å². The summed E-state index contributed by atoms with van der Waals surface area (Å²) in [7, 11) is -4.26. The molecule has 0 fully saturated rings. The van der Waals surface area contributed by atoms with Crippen molar-refractivity contribution in [2.45, 2.75) is 11.3 Å². The largest absolute Gasteiger partial charge is 0.266 e. The fourth-order valence-corrected chi connectivity index (χ4v) is 3.09. The first-order chi connectivity index (χ1) is 7.29. The highest BCUT2D eigenvalue weighted by atomic mass is 127. The van der Waals surface area contributed by atoms with E-state index >= 15 is 0 Å². The molecule has 86 valence electrons. The molecule has 16 heavy (non-hydrogen) atoms. The third kappa shape index (κ3) is 2.45. The standard InChI is InChI=1S/C7H4F2IN3O2S/c8-6(9)4-2-13-7(10)5(3(4)1-11)16(12,14)15/h2,6H,(H2,12,14,15). The number of hydrogen-bond acceptors (Lipinski definition) is 4. The second-order valence-corrected chi connectivity index (χ2v) is 5.19. The summed E-state index contributed by atoms with van der Waals surface area (Å²) in [6, 6.07) is 1.41. The van der Waals surface area contributed by atoms with Gasteiger partial charge in [-0.3, -0.25) is 0 Å². The van der Waals surface area contributed by atoms with E-state index in [2.05, 4.69) is 4.98 Å². The molecule has 0 saturated heterocycles. The summed E-state index contributed by atoms with van der Waals surface area (Å²) < 4.78 is 47.2. The number of alkyl halides is 2. The summed E-state index contributed by atoms with van der Waals surface area (Å²) in [5.74, 6) is 0. The van der Waals surface area contributed by atoms with Crippen LogP contribution in [-0.2, 0) is 10.0 Å². The van der Waals surface area contributed by atoms with Crippen LogP contribution in [0.1, 0.15) is 17.6 Å². The first kappa shape index (κ1) is 13.2. The molecule has 2 N–H and O–H groups in total. The molecular weight excluding hydrogens is 355 g/mol. The SMILES string of the molecule is N#Cc1c(C(F)F)cnc(I)c1S(N)(=O)=O. The average Bonchev–Trinajstić information content (AvgIpc) is 2.14. The van der Waals surface area contributed by atoms with Crippen molar-refractivity contribution < 1.29 is 17.2 Å². The van der Waals surface area contributed by atoms with E-state index in [0.717, 1.165) is 6.20 Å². The van der Waals surface area contributed by atoms with Crippen molar-refractivity contribution in [1.29, 1.82) is 5.26 Å². The first-order valence-electron chi connectivity index (χ1n) is 3.68. The van der Waals surface area contributed by atoms with Gasteiger partial charge in [0.25, 0.3) is 6.43 Å². The zero-order chi connectivity index (χ0) is 12.5. The molecule has 1 heterocycles. The van der Waals surface area contributed by atoms with E-state index < -0.39 is 32.5 Å². The lowest BCUT2D eigenvalue weighted by Crippen LogP contribution is -2.17. The number of aromatic nitrogens is 1. The Kier molecular flexibility index (Phi) is 3.76. The monoisotopic (exact) mass is 359 g/mol. The zero-order valence-corrected chi connectivity index (χ0v) is 10.5. The molecule has 5 nitrogen and oxygen atoms in total. The van der Waals surface area contributed by atoms with Crippen molar-refractivity contribution in [3.05, 3.63) is 21.0 Å². The van der Waals surface area contributed by atoms with Crippen molar-refractivity contribution in [3.63, 3.8) is 0 Å². The second kappa shape index (κ2) is 4.56. The normalized spacial score (nSPS) is 11.5. The van der Waals surface area contributed by atoms with Crippen LogP contribution >= 0.6 is 22.6 Å². The van der Waals surface area contributed by atoms with Crippen LogP contribution in [-0.4, -0.2) is 13.4 Å². The van der Waals surface area contributed by atoms with Gasteiger partial charge in [-0.25, -0.2) is 27.3 Å². The quantitative estimate of drug-likeness (QED) is 0.633. The maximum atomic E-state index is 12.5. The molecule has 1 rings (SSSR count). The summed E-state index contributed by atoms with van der Waals surface area (Å²) in [5.41, 5.74) is -1.40. The van der Waals surface area contributed by atoms with Crippen molar-refractivity contribution in [1.82, 2.24) is 4.98 Å². The molecule has 0 unspecified atom stereocenters. The fraction of sp³-hybridized carbons (Fsp3) is 0.143. The molecule has 0 amide bonds. The van der Waals surface area contributed by atoms with E-state index in [1.165, 1.54) is 28.7 Å². The third-order valence-electron chi connectivity index (χ3n) is 1.65. The van der Waals surface area contributed by atoms with Gasteiger partial charge in [0, 0.05) is 6.20 Å². The number of primary sulfonamides is 1. The van der Waals surface area contributed by atoms with Crippen LogP contribution in [0.25, 0.3) is 0 Å². The van der Waals surface area contributed by atoms with Crippen molar-refractivity contribution in [2.24, 2.45) is 5.14 Å². The van der Waals surface area contributed by atoms with Crippen LogP contribution in [0.3, 0.4) is 0 Å². The Morgan fingerprint density at radius 1 is 1.56 bits per heavy atom. The minimum atomic E-state index is -4.26. The second-order valence-electron chi connectivity index (χ2n) is 2.67. The molecule has 0 aromatic carbocycles. The predicted octanol–water partition coefficient (Wildman–Crippen LogP) is 1.14. The topological polar surface area (TPSA) is 96.8 Å². The van der Waals surface area contributed by atoms with Crippen LogP contribution in [0.5, 0.6) is 0 Å². The van der Waals surface area contributed by atoms with Gasteiger partial charge in [0.1, 0.15) is 14.7 Å². The number of hydrogen-bond donors (Lipinski definition) is 1. The molecule has 0 bridgehead atoms. The fourth-order valence-electron chi connectivity index (χ4n) is 1.02. The van der Waals surface area contributed by atoms with E-state index in [1.807, 2.05) is 0 Å². The smallest absolute Gasteiger partial charge is 0.248 e. The van der Waals surface area contributed by atoms with Crippen molar-refractivity contribution in [2.75, 3.05) is 0 Å². The summed E-state index contributed by atoms with van der Waals surface area (Å²) in [6.45, 7) is 0. The van der Waals surface area contributed by atoms with Crippen LogP contribution < -0.4 is 5.14 Å². The number of nitriles is 1. The molecule has 0 aliphatic rings. The number of sulfonamides is 1. The molecule has 0 aliphatic heterocycles. The maximum absolute atomic E-state index is 12.5. The molecular formula is C7H4F2IN3O2S. The van der Waals surface area contributed by atoms with Gasteiger partial charge in [-0.1, -0.05) is 0 Å². The van der Waals surface area contributed by atoms with E-state index in [4.69, 9.17) is 10.4 Å². The summed E-state index contributed by atoms with van der Waals surface area (Å²) in [6.07, 6.45) is -2.22. The van der Waals surface area contributed by atoms with Gasteiger partial charge >= 0.3 is 0 Å². The lowest BCUT2D eigenvalue weighted by atomic mass is 10.1. The Labute approximate surface area is 103 Å². The lowest BCUT2D eigenvalue weighted by Gasteiger charge is -2.08. The summed E-state index contributed by atoms with van der Waals surface area (Å²) >= 11 is 1.51. The minimum absolute atomic E-state index is 0.110. The van der Waals surface area contributed by atoms with Crippen LogP contribution in [0, 0.1) is 15.0 Å². The zero-order valence-electron chi connectivity index (χ0n) is 7.49. The van der Waals surface area contributed by atoms with Gasteiger partial charge in [0.2, 0.25) is 10.0 Å². The van der Waals surface area contributed by atoms with E-state index in [0.29, 0.717) is 0 Å². The van der Waals surface area contributed by atoms with Crippen LogP contribution in [0.2, 0.25) is 0 Å². The maximum Gasteiger partial charge on any atom is 0.266 e. The molecule has 0 spiro atoms. The molecule has 1 aromatic heterocycles. The Morgan fingerprint density at radius 3 is 2.50 bits per heavy atom. The van der Waals surface area contributed by atoms with E-state index in [-0.39, 0.29) is 3.70 Å². The Bertz CT molecular complexity index is 568. The molecule has 9 heteroatoms. The van der Waals surface area contributed by atoms with Gasteiger partial charge in [0.15, 0.2) is 0 Å². The van der Waals surface area contributed by atoms with E-state index in [9.17, 15) is 17.2 Å². The highest BCUT2D eigenvalue weighted by molar-refractivity contribution is 14.1. The van der Waals surface area contributed by atoms with Gasteiger partial charge < -0.3 is 0 Å². The van der Waals surface area contributed by atoms with Gasteiger partial charge in [0.05, 0.1) is 11.1 Å². The number of nitrogens with zero attached hydrogens (tertiary/aromatic N) is 2. The average molecular weight is 359 g/mol. The van der Waals surface area contributed by atoms with E-state index in [1.54, 1.807) is 0 Å². The van der Waals surface area contributed by atoms with Crippen LogP contribution in [0.4, 0.5) is 8.78 Å². The Balaban J connectivity index is 3.74. The van der Waals surface area contributed by atoms with Crippen molar-refractivity contribution >= 4 is 32.6 Å².